The number of carbonyl (C=O) groups is 1. The number of hydrogen-bond donors (Lipinski definition) is 0. The van der Waals surface area contributed by atoms with E-state index in [1.54, 1.807) is 17.2 Å². The van der Waals surface area contributed by atoms with Crippen molar-refractivity contribution in [1.29, 1.82) is 0 Å². The zero-order valence-corrected chi connectivity index (χ0v) is 18.2. The van der Waals surface area contributed by atoms with Crippen molar-refractivity contribution < 1.29 is 9.53 Å². The lowest BCUT2D eigenvalue weighted by Gasteiger charge is -2.29. The van der Waals surface area contributed by atoms with Crippen LogP contribution in [0.4, 0.5) is 5.82 Å². The van der Waals surface area contributed by atoms with Crippen molar-refractivity contribution in [3.05, 3.63) is 44.7 Å². The molecule has 4 rings (SSSR count). The molecular formula is C20H22N4O3S2. The fourth-order valence-electron chi connectivity index (χ4n) is 3.50. The highest BCUT2D eigenvalue weighted by Crippen LogP contribution is 2.34. The average Bonchev–Trinajstić information content (AvgIpc) is 2.98. The lowest BCUT2D eigenvalue weighted by atomic mass is 10.2. The number of thiocarbonyl (C=S) groups is 1. The van der Waals surface area contributed by atoms with Crippen molar-refractivity contribution in [2.24, 2.45) is 0 Å². The van der Waals surface area contributed by atoms with Gasteiger partial charge in [0.15, 0.2) is 0 Å². The van der Waals surface area contributed by atoms with Gasteiger partial charge in [-0.2, -0.15) is 0 Å². The molecule has 2 saturated heterocycles. The summed E-state index contributed by atoms with van der Waals surface area (Å²) in [5, 5.41) is 0. The molecule has 0 N–H and O–H groups in total. The quantitative estimate of drug-likeness (QED) is 0.547. The predicted octanol–water partition coefficient (Wildman–Crippen LogP) is 2.45. The predicted molar refractivity (Wildman–Crippen MR) is 119 cm³/mol. The molecule has 152 valence electrons. The van der Waals surface area contributed by atoms with Crippen molar-refractivity contribution in [2.75, 3.05) is 31.2 Å². The molecule has 2 aromatic rings. The van der Waals surface area contributed by atoms with Gasteiger partial charge in [-0.15, -0.1) is 0 Å². The zero-order chi connectivity index (χ0) is 20.7. The molecule has 2 aliphatic rings. The van der Waals surface area contributed by atoms with Crippen molar-refractivity contribution in [3.63, 3.8) is 0 Å². The molecule has 29 heavy (non-hydrogen) atoms. The maximum absolute atomic E-state index is 13.4. The third-order valence-electron chi connectivity index (χ3n) is 4.99. The second-order valence-corrected chi connectivity index (χ2v) is 8.96. The van der Waals surface area contributed by atoms with E-state index >= 15 is 0 Å². The molecule has 0 saturated carbocycles. The Morgan fingerprint density at radius 3 is 2.66 bits per heavy atom. The molecule has 9 heteroatoms. The third kappa shape index (κ3) is 3.58. The van der Waals surface area contributed by atoms with E-state index in [2.05, 4.69) is 0 Å². The van der Waals surface area contributed by atoms with E-state index in [-0.39, 0.29) is 17.5 Å². The molecule has 1 amide bonds. The highest BCUT2D eigenvalue weighted by Gasteiger charge is 2.34. The summed E-state index contributed by atoms with van der Waals surface area (Å²) in [5.74, 6) is 0.416. The van der Waals surface area contributed by atoms with Crippen LogP contribution >= 0.6 is 24.0 Å². The number of aromatic nitrogens is 2. The third-order valence-corrected chi connectivity index (χ3v) is 6.32. The van der Waals surface area contributed by atoms with E-state index in [0.717, 1.165) is 5.56 Å². The normalized spacial score (nSPS) is 19.2. The number of hydrogen-bond acceptors (Lipinski definition) is 7. The molecule has 7 nitrogen and oxygen atoms in total. The van der Waals surface area contributed by atoms with Gasteiger partial charge in [-0.05, 0) is 38.5 Å². The summed E-state index contributed by atoms with van der Waals surface area (Å²) in [7, 11) is 0. The van der Waals surface area contributed by atoms with Crippen LogP contribution in [0.5, 0.6) is 0 Å². The maximum atomic E-state index is 13.4. The first-order valence-corrected chi connectivity index (χ1v) is 10.7. The van der Waals surface area contributed by atoms with Crippen LogP contribution < -0.4 is 10.5 Å². The van der Waals surface area contributed by atoms with Crippen molar-refractivity contribution in [2.45, 2.75) is 26.8 Å². The number of morpholine rings is 1. The van der Waals surface area contributed by atoms with Gasteiger partial charge in [-0.3, -0.25) is 18.9 Å². The van der Waals surface area contributed by atoms with E-state index in [1.807, 2.05) is 37.8 Å². The second kappa shape index (κ2) is 7.89. The van der Waals surface area contributed by atoms with Gasteiger partial charge < -0.3 is 9.64 Å². The zero-order valence-electron chi connectivity index (χ0n) is 16.5. The van der Waals surface area contributed by atoms with Crippen LogP contribution in [0.3, 0.4) is 0 Å². The van der Waals surface area contributed by atoms with E-state index in [1.165, 1.54) is 16.2 Å². The molecular weight excluding hydrogens is 408 g/mol. The van der Waals surface area contributed by atoms with E-state index < -0.39 is 0 Å². The number of amides is 1. The Morgan fingerprint density at radius 1 is 1.28 bits per heavy atom. The SMILES string of the molecule is Cc1cccn2c(=O)c(/C=C3/SC(=S)N(C(C)C)C3=O)c(N3CCOCC3)nc12. The standard InChI is InChI=1S/C20H22N4O3S2/c1-12(2)24-19(26)15(29-20(24)28)11-14-17(22-7-9-27-10-8-22)21-16-13(3)5-4-6-23(16)18(14)25/h4-6,11-12H,7-10H2,1-3H3/b15-11+. The van der Waals surface area contributed by atoms with Crippen LogP contribution in [0, 0.1) is 6.92 Å². The monoisotopic (exact) mass is 430 g/mol. The van der Waals surface area contributed by atoms with Crippen LogP contribution in [-0.2, 0) is 9.53 Å². The average molecular weight is 431 g/mol. The van der Waals surface area contributed by atoms with Gasteiger partial charge in [0.25, 0.3) is 11.5 Å². The number of carbonyl (C=O) groups excluding carboxylic acids is 1. The van der Waals surface area contributed by atoms with Crippen LogP contribution in [0.2, 0.25) is 0 Å². The number of thioether (sulfide) groups is 1. The van der Waals surface area contributed by atoms with Gasteiger partial charge in [0.1, 0.15) is 15.8 Å². The number of pyridine rings is 1. The number of nitrogens with zero attached hydrogens (tertiary/aromatic N) is 4. The molecule has 0 bridgehead atoms. The summed E-state index contributed by atoms with van der Waals surface area (Å²) < 4.78 is 7.50. The first-order chi connectivity index (χ1) is 13.9. The van der Waals surface area contributed by atoms with Crippen LogP contribution in [-0.4, -0.2) is 56.9 Å². The fraction of sp³-hybridized carbons (Fsp3) is 0.400. The van der Waals surface area contributed by atoms with Gasteiger partial charge in [-0.25, -0.2) is 4.98 Å². The molecule has 0 radical (unpaired) electrons. The Kier molecular flexibility index (Phi) is 5.46. The summed E-state index contributed by atoms with van der Waals surface area (Å²) in [4.78, 5) is 35.2. The molecule has 4 heterocycles. The van der Waals surface area contributed by atoms with Gasteiger partial charge in [0.05, 0.1) is 23.7 Å². The Balaban J connectivity index is 1.91. The summed E-state index contributed by atoms with van der Waals surface area (Å²) in [6, 6.07) is 3.71. The second-order valence-electron chi connectivity index (χ2n) is 7.28. The number of anilines is 1. The highest BCUT2D eigenvalue weighted by atomic mass is 32.2. The molecule has 0 aromatic carbocycles. The van der Waals surface area contributed by atoms with Gasteiger partial charge in [0, 0.05) is 25.3 Å². The summed E-state index contributed by atoms with van der Waals surface area (Å²) >= 11 is 6.60. The topological polar surface area (TPSA) is 67.2 Å². The molecule has 0 aliphatic carbocycles. The molecule has 0 spiro atoms. The van der Waals surface area contributed by atoms with E-state index in [4.69, 9.17) is 21.9 Å². The first-order valence-electron chi connectivity index (χ1n) is 9.50. The molecule has 0 atom stereocenters. The number of aryl methyl sites for hydroxylation is 1. The Hall–Kier alpha value is -2.23. The minimum absolute atomic E-state index is 0.0365. The van der Waals surface area contributed by atoms with Crippen LogP contribution in [0.1, 0.15) is 25.0 Å². The largest absolute Gasteiger partial charge is 0.378 e. The van der Waals surface area contributed by atoms with Crippen LogP contribution in [0.15, 0.2) is 28.0 Å². The fourth-order valence-corrected chi connectivity index (χ4v) is 5.00. The van der Waals surface area contributed by atoms with Gasteiger partial charge in [0.2, 0.25) is 0 Å². The number of ether oxygens (including phenoxy) is 1. The molecule has 2 aromatic heterocycles. The lowest BCUT2D eigenvalue weighted by molar-refractivity contribution is -0.123. The van der Waals surface area contributed by atoms with Crippen LogP contribution in [0.25, 0.3) is 11.7 Å². The molecule has 2 fully saturated rings. The smallest absolute Gasteiger partial charge is 0.267 e. The van der Waals surface area contributed by atoms with E-state index in [0.29, 0.717) is 52.6 Å². The Morgan fingerprint density at radius 2 is 2.00 bits per heavy atom. The Bertz CT molecular complexity index is 1090. The minimum atomic E-state index is -0.199. The minimum Gasteiger partial charge on any atom is -0.378 e. The number of fused-ring (bicyclic) bond motifs is 1. The highest BCUT2D eigenvalue weighted by molar-refractivity contribution is 8.26. The van der Waals surface area contributed by atoms with Crippen molar-refractivity contribution in [1.82, 2.24) is 14.3 Å². The molecule has 0 unspecified atom stereocenters. The summed E-state index contributed by atoms with van der Waals surface area (Å²) in [6.45, 7) is 8.19. The number of rotatable bonds is 3. The summed E-state index contributed by atoms with van der Waals surface area (Å²) in [6.07, 6.45) is 3.36. The lowest BCUT2D eigenvalue weighted by Crippen LogP contribution is -2.39. The first kappa shape index (κ1) is 20.1. The maximum Gasteiger partial charge on any atom is 0.267 e. The van der Waals surface area contributed by atoms with Crippen molar-refractivity contribution >= 4 is 51.7 Å². The van der Waals surface area contributed by atoms with Gasteiger partial charge >= 0.3 is 0 Å². The van der Waals surface area contributed by atoms with Gasteiger partial charge in [-0.1, -0.05) is 30.0 Å². The summed E-state index contributed by atoms with van der Waals surface area (Å²) in [5.41, 5.74) is 1.73. The Labute approximate surface area is 178 Å². The van der Waals surface area contributed by atoms with Crippen molar-refractivity contribution in [3.8, 4) is 0 Å². The van der Waals surface area contributed by atoms with E-state index in [9.17, 15) is 9.59 Å². The molecule has 2 aliphatic heterocycles.